The van der Waals surface area contributed by atoms with Crippen molar-refractivity contribution in [2.75, 3.05) is 51.4 Å². The molecule has 0 radical (unpaired) electrons. The van der Waals surface area contributed by atoms with Crippen molar-refractivity contribution < 1.29 is 23.9 Å². The third kappa shape index (κ3) is 3.25. The van der Waals surface area contributed by atoms with Gasteiger partial charge in [-0.2, -0.15) is 0 Å². The number of likely N-dealkylation sites (N-methyl/N-ethyl adjacent to an activating group) is 1. The Balaban J connectivity index is 1.55. The summed E-state index contributed by atoms with van der Waals surface area (Å²) in [6, 6.07) is 5.41. The standard InChI is InChI=1S/C19H23N3O5/c1-12-3-4-16-15(5-12)22(18(24)11-27-16)8-17(23)21-6-13-9-26-10-14(7-21)20(2)19(13)25/h3-5,13-14H,6-11H2,1-2H3/t13-,14+/m1/s1. The van der Waals surface area contributed by atoms with Crippen LogP contribution >= 0.6 is 0 Å². The lowest BCUT2D eigenvalue weighted by Crippen LogP contribution is -2.50. The molecule has 144 valence electrons. The van der Waals surface area contributed by atoms with E-state index in [1.54, 1.807) is 16.8 Å². The molecular formula is C19H23N3O5. The van der Waals surface area contributed by atoms with E-state index < -0.39 is 0 Å². The summed E-state index contributed by atoms with van der Waals surface area (Å²) in [5.74, 6) is -0.160. The summed E-state index contributed by atoms with van der Waals surface area (Å²) < 4.78 is 11.0. The molecule has 1 aromatic rings. The number of amides is 3. The highest BCUT2D eigenvalue weighted by molar-refractivity contribution is 6.02. The number of ether oxygens (including phenoxy) is 2. The number of rotatable bonds is 2. The largest absolute Gasteiger partial charge is 0.482 e. The van der Waals surface area contributed by atoms with Gasteiger partial charge < -0.3 is 19.3 Å². The van der Waals surface area contributed by atoms with Gasteiger partial charge in [0.05, 0.1) is 30.9 Å². The van der Waals surface area contributed by atoms with Crippen LogP contribution in [0.15, 0.2) is 18.2 Å². The fourth-order valence-electron chi connectivity index (χ4n) is 3.82. The molecule has 0 saturated carbocycles. The molecule has 27 heavy (non-hydrogen) atoms. The second kappa shape index (κ2) is 6.84. The zero-order valence-corrected chi connectivity index (χ0v) is 15.5. The normalized spacial score (nSPS) is 25.0. The SMILES string of the molecule is Cc1ccc2c(c1)N(CC(=O)N1C[C@@H]3COC[C@H](C1)N(C)C3=O)C(=O)CO2. The monoisotopic (exact) mass is 373 g/mol. The minimum absolute atomic E-state index is 0.0104. The van der Waals surface area contributed by atoms with Crippen molar-refractivity contribution in [2.24, 2.45) is 5.92 Å². The highest BCUT2D eigenvalue weighted by Crippen LogP contribution is 2.33. The van der Waals surface area contributed by atoms with Crippen LogP contribution in [0.25, 0.3) is 0 Å². The van der Waals surface area contributed by atoms with Crippen LogP contribution in [-0.4, -0.2) is 80.1 Å². The van der Waals surface area contributed by atoms with Gasteiger partial charge in [0.1, 0.15) is 12.3 Å². The predicted molar refractivity (Wildman–Crippen MR) is 96.5 cm³/mol. The number of benzene rings is 1. The fourth-order valence-corrected chi connectivity index (χ4v) is 3.82. The fraction of sp³-hybridized carbons (Fsp3) is 0.526. The number of nitrogens with zero attached hydrogens (tertiary/aromatic N) is 3. The van der Waals surface area contributed by atoms with Crippen LogP contribution in [0.1, 0.15) is 5.56 Å². The van der Waals surface area contributed by atoms with Crippen molar-refractivity contribution in [3.05, 3.63) is 23.8 Å². The van der Waals surface area contributed by atoms with Crippen LogP contribution in [0.5, 0.6) is 5.75 Å². The van der Waals surface area contributed by atoms with Gasteiger partial charge in [0.15, 0.2) is 6.61 Å². The molecule has 2 saturated heterocycles. The van der Waals surface area contributed by atoms with Crippen molar-refractivity contribution in [1.29, 1.82) is 0 Å². The Morgan fingerprint density at radius 1 is 1.22 bits per heavy atom. The minimum Gasteiger partial charge on any atom is -0.482 e. The lowest BCUT2D eigenvalue weighted by Gasteiger charge is -2.33. The van der Waals surface area contributed by atoms with E-state index in [2.05, 4.69) is 0 Å². The third-order valence-corrected chi connectivity index (χ3v) is 5.45. The molecule has 3 aliphatic rings. The highest BCUT2D eigenvalue weighted by Gasteiger charge is 2.39. The van der Waals surface area contributed by atoms with Crippen LogP contribution < -0.4 is 9.64 Å². The molecule has 4 rings (SSSR count). The molecule has 2 atom stereocenters. The number of aryl methyl sites for hydroxylation is 1. The molecule has 0 aliphatic carbocycles. The molecule has 3 aliphatic heterocycles. The van der Waals surface area contributed by atoms with E-state index in [0.717, 1.165) is 5.56 Å². The summed E-state index contributed by atoms with van der Waals surface area (Å²) >= 11 is 0. The lowest BCUT2D eigenvalue weighted by atomic mass is 10.1. The molecule has 0 aromatic heterocycles. The number of hydrogen-bond donors (Lipinski definition) is 0. The Morgan fingerprint density at radius 3 is 2.85 bits per heavy atom. The van der Waals surface area contributed by atoms with Gasteiger partial charge in [0, 0.05) is 20.1 Å². The second-order valence-corrected chi connectivity index (χ2v) is 7.38. The summed E-state index contributed by atoms with van der Waals surface area (Å²) in [7, 11) is 1.76. The van der Waals surface area contributed by atoms with Crippen molar-refractivity contribution in [2.45, 2.75) is 13.0 Å². The molecule has 2 bridgehead atoms. The topological polar surface area (TPSA) is 79.4 Å². The highest BCUT2D eigenvalue weighted by atomic mass is 16.5. The first-order chi connectivity index (χ1) is 12.9. The maximum atomic E-state index is 13.0. The number of carbonyl (C=O) groups is 3. The third-order valence-electron chi connectivity index (χ3n) is 5.45. The van der Waals surface area contributed by atoms with Crippen molar-refractivity contribution in [3.63, 3.8) is 0 Å². The van der Waals surface area contributed by atoms with Gasteiger partial charge in [-0.25, -0.2) is 0 Å². The Bertz CT molecular complexity index is 796. The molecule has 3 amide bonds. The zero-order valence-electron chi connectivity index (χ0n) is 15.5. The van der Waals surface area contributed by atoms with Crippen LogP contribution in [0.4, 0.5) is 5.69 Å². The first-order valence-corrected chi connectivity index (χ1v) is 9.10. The van der Waals surface area contributed by atoms with Crippen LogP contribution in [-0.2, 0) is 19.1 Å². The number of fused-ring (bicyclic) bond motifs is 4. The Kier molecular flexibility index (Phi) is 4.51. The smallest absolute Gasteiger partial charge is 0.265 e. The lowest BCUT2D eigenvalue weighted by molar-refractivity contribution is -0.135. The molecule has 8 heteroatoms. The van der Waals surface area contributed by atoms with E-state index in [0.29, 0.717) is 37.7 Å². The van der Waals surface area contributed by atoms with Gasteiger partial charge in [-0.05, 0) is 24.6 Å². The molecule has 0 N–H and O–H groups in total. The average Bonchev–Trinajstić information content (AvgIpc) is 2.82. The predicted octanol–water partition coefficient (Wildman–Crippen LogP) is 0.0360. The first kappa shape index (κ1) is 17.8. The van der Waals surface area contributed by atoms with Gasteiger partial charge in [-0.15, -0.1) is 0 Å². The Labute approximate surface area is 157 Å². The summed E-state index contributed by atoms with van der Waals surface area (Å²) in [6.45, 7) is 3.26. The molecule has 8 nitrogen and oxygen atoms in total. The van der Waals surface area contributed by atoms with Gasteiger partial charge in [0.25, 0.3) is 5.91 Å². The van der Waals surface area contributed by atoms with Crippen molar-refractivity contribution in [1.82, 2.24) is 9.80 Å². The maximum absolute atomic E-state index is 13.0. The summed E-state index contributed by atoms with van der Waals surface area (Å²) in [6.07, 6.45) is 0. The second-order valence-electron chi connectivity index (χ2n) is 7.38. The average molecular weight is 373 g/mol. The van der Waals surface area contributed by atoms with Gasteiger partial charge in [-0.3, -0.25) is 19.3 Å². The summed E-state index contributed by atoms with van der Waals surface area (Å²) in [5, 5.41) is 0. The molecule has 0 spiro atoms. The number of anilines is 1. The number of hydrogen-bond acceptors (Lipinski definition) is 5. The zero-order chi connectivity index (χ0) is 19.1. The van der Waals surface area contributed by atoms with E-state index in [4.69, 9.17) is 9.47 Å². The van der Waals surface area contributed by atoms with Crippen LogP contribution in [0.2, 0.25) is 0 Å². The molecule has 0 unspecified atom stereocenters. The minimum atomic E-state index is -0.360. The maximum Gasteiger partial charge on any atom is 0.265 e. The molecular weight excluding hydrogens is 350 g/mol. The van der Waals surface area contributed by atoms with E-state index in [1.165, 1.54) is 4.90 Å². The van der Waals surface area contributed by atoms with Crippen molar-refractivity contribution >= 4 is 23.4 Å². The van der Waals surface area contributed by atoms with Crippen molar-refractivity contribution in [3.8, 4) is 5.75 Å². The van der Waals surface area contributed by atoms with Gasteiger partial charge >= 0.3 is 0 Å². The van der Waals surface area contributed by atoms with Crippen LogP contribution in [0, 0.1) is 12.8 Å². The first-order valence-electron chi connectivity index (χ1n) is 9.10. The summed E-state index contributed by atoms with van der Waals surface area (Å²) in [4.78, 5) is 42.8. The van der Waals surface area contributed by atoms with E-state index in [-0.39, 0.29) is 42.8 Å². The molecule has 1 aromatic carbocycles. The van der Waals surface area contributed by atoms with Gasteiger partial charge in [0.2, 0.25) is 11.8 Å². The Hall–Kier alpha value is -2.61. The molecule has 3 heterocycles. The van der Waals surface area contributed by atoms with E-state index >= 15 is 0 Å². The molecule has 2 fully saturated rings. The quantitative estimate of drug-likeness (QED) is 0.731. The van der Waals surface area contributed by atoms with E-state index in [9.17, 15) is 14.4 Å². The Morgan fingerprint density at radius 2 is 2.04 bits per heavy atom. The van der Waals surface area contributed by atoms with Crippen LogP contribution in [0.3, 0.4) is 0 Å². The van der Waals surface area contributed by atoms with E-state index in [1.807, 2.05) is 25.1 Å². The summed E-state index contributed by atoms with van der Waals surface area (Å²) in [5.41, 5.74) is 1.60. The number of carbonyl (C=O) groups excluding carboxylic acids is 3. The van der Waals surface area contributed by atoms with Gasteiger partial charge in [-0.1, -0.05) is 6.07 Å².